The zero-order chi connectivity index (χ0) is 12.3. The van der Waals surface area contributed by atoms with Crippen molar-refractivity contribution in [2.45, 2.75) is 44.4 Å². The number of aryl methyl sites for hydroxylation is 1. The number of aliphatic hydroxyl groups is 1. The van der Waals surface area contributed by atoms with Gasteiger partial charge in [0.15, 0.2) is 0 Å². The van der Waals surface area contributed by atoms with Crippen molar-refractivity contribution in [3.63, 3.8) is 0 Å². The summed E-state index contributed by atoms with van der Waals surface area (Å²) in [6, 6.07) is 2.12. The molecule has 1 fully saturated rings. The molecular weight excluding hydrogens is 218 g/mol. The normalized spacial score (nSPS) is 24.9. The van der Waals surface area contributed by atoms with Crippen LogP contribution in [0, 0.1) is 0 Å². The Kier molecular flexibility index (Phi) is 4.02. The molecule has 0 bridgehead atoms. The zero-order valence-electron chi connectivity index (χ0n) is 10.5. The van der Waals surface area contributed by atoms with E-state index in [2.05, 4.69) is 10.4 Å². The van der Waals surface area contributed by atoms with Crippen molar-refractivity contribution in [3.8, 4) is 5.88 Å². The number of hydrogen-bond donors (Lipinski definition) is 2. The lowest BCUT2D eigenvalue weighted by molar-refractivity contribution is 0.0901. The predicted molar refractivity (Wildman–Crippen MR) is 64.9 cm³/mol. The summed E-state index contributed by atoms with van der Waals surface area (Å²) in [6.45, 7) is 0.679. The molecule has 0 aromatic carbocycles. The van der Waals surface area contributed by atoms with E-state index in [1.54, 1.807) is 11.8 Å². The third-order valence-electron chi connectivity index (χ3n) is 3.37. The van der Waals surface area contributed by atoms with Gasteiger partial charge >= 0.3 is 0 Å². The molecular formula is C12H21N3O2. The van der Waals surface area contributed by atoms with Gasteiger partial charge in [-0.15, -0.1) is 0 Å². The van der Waals surface area contributed by atoms with E-state index < -0.39 is 0 Å². The van der Waals surface area contributed by atoms with Crippen LogP contribution in [-0.4, -0.2) is 34.1 Å². The largest absolute Gasteiger partial charge is 0.481 e. The van der Waals surface area contributed by atoms with Crippen LogP contribution >= 0.6 is 0 Å². The Balaban J connectivity index is 1.88. The highest BCUT2D eigenvalue weighted by Crippen LogP contribution is 2.19. The van der Waals surface area contributed by atoms with E-state index in [-0.39, 0.29) is 12.1 Å². The van der Waals surface area contributed by atoms with Gasteiger partial charge in [-0.3, -0.25) is 0 Å². The Morgan fingerprint density at radius 3 is 2.94 bits per heavy atom. The second-order valence-electron chi connectivity index (χ2n) is 4.64. The zero-order valence-corrected chi connectivity index (χ0v) is 10.5. The molecule has 0 saturated heterocycles. The van der Waals surface area contributed by atoms with Gasteiger partial charge in [-0.05, 0) is 12.8 Å². The molecule has 1 aliphatic carbocycles. The lowest BCUT2D eigenvalue weighted by atomic mass is 9.92. The first-order valence-electron chi connectivity index (χ1n) is 6.19. The summed E-state index contributed by atoms with van der Waals surface area (Å²) in [5.41, 5.74) is 0.946. The van der Waals surface area contributed by atoms with Crippen molar-refractivity contribution in [3.05, 3.63) is 11.8 Å². The van der Waals surface area contributed by atoms with Gasteiger partial charge < -0.3 is 15.2 Å². The van der Waals surface area contributed by atoms with Crippen LogP contribution in [0.25, 0.3) is 0 Å². The van der Waals surface area contributed by atoms with Crippen LogP contribution in [0.1, 0.15) is 31.4 Å². The minimum Gasteiger partial charge on any atom is -0.481 e. The van der Waals surface area contributed by atoms with Crippen LogP contribution in [0.3, 0.4) is 0 Å². The molecule has 1 saturated carbocycles. The Bertz CT molecular complexity index is 365. The molecule has 1 aromatic heterocycles. The monoisotopic (exact) mass is 239 g/mol. The van der Waals surface area contributed by atoms with Gasteiger partial charge in [0.2, 0.25) is 5.88 Å². The van der Waals surface area contributed by atoms with Crippen LogP contribution in [0.4, 0.5) is 0 Å². The molecule has 0 aliphatic heterocycles. The van der Waals surface area contributed by atoms with Crippen LogP contribution in [0.5, 0.6) is 5.88 Å². The molecule has 1 aromatic rings. The number of ether oxygens (including phenoxy) is 1. The molecule has 2 atom stereocenters. The van der Waals surface area contributed by atoms with E-state index in [1.807, 2.05) is 13.1 Å². The molecule has 5 nitrogen and oxygen atoms in total. The van der Waals surface area contributed by atoms with Gasteiger partial charge in [-0.2, -0.15) is 5.10 Å². The summed E-state index contributed by atoms with van der Waals surface area (Å²) in [6.07, 6.45) is 4.07. The topological polar surface area (TPSA) is 59.3 Å². The Labute approximate surface area is 102 Å². The number of aliphatic hydroxyl groups excluding tert-OH is 1. The molecule has 2 rings (SSSR count). The van der Waals surface area contributed by atoms with Crippen LogP contribution in [0.15, 0.2) is 6.07 Å². The molecule has 0 amide bonds. The van der Waals surface area contributed by atoms with Gasteiger partial charge in [-0.1, -0.05) is 12.8 Å². The quantitative estimate of drug-likeness (QED) is 0.817. The van der Waals surface area contributed by atoms with Gasteiger partial charge in [0.1, 0.15) is 0 Å². The summed E-state index contributed by atoms with van der Waals surface area (Å²) < 4.78 is 6.88. The van der Waals surface area contributed by atoms with E-state index in [4.69, 9.17) is 4.74 Å². The molecule has 96 valence electrons. The third kappa shape index (κ3) is 2.98. The summed E-state index contributed by atoms with van der Waals surface area (Å²) in [7, 11) is 3.50. The molecule has 2 N–H and O–H groups in total. The summed E-state index contributed by atoms with van der Waals surface area (Å²) in [5.74, 6) is 0.756. The van der Waals surface area contributed by atoms with Gasteiger partial charge in [0, 0.05) is 25.7 Å². The standard InChI is InChI=1S/C12H21N3O2/c1-15-12(17-2)7-9(14-15)8-13-10-5-3-4-6-11(10)16/h7,10-11,13,16H,3-6,8H2,1-2H3/t10-,11-/m0/s1. The number of rotatable bonds is 4. The first kappa shape index (κ1) is 12.4. The summed E-state index contributed by atoms with van der Waals surface area (Å²) >= 11 is 0. The highest BCUT2D eigenvalue weighted by atomic mass is 16.5. The van der Waals surface area contributed by atoms with E-state index >= 15 is 0 Å². The fraction of sp³-hybridized carbons (Fsp3) is 0.750. The predicted octanol–water partition coefficient (Wildman–Crippen LogP) is 0.822. The van der Waals surface area contributed by atoms with Crippen molar-refractivity contribution in [2.24, 2.45) is 7.05 Å². The highest BCUT2D eigenvalue weighted by molar-refractivity contribution is 5.15. The number of nitrogens with zero attached hydrogens (tertiary/aromatic N) is 2. The molecule has 5 heteroatoms. The first-order chi connectivity index (χ1) is 8.20. The minimum atomic E-state index is -0.214. The number of aromatic nitrogens is 2. The maximum Gasteiger partial charge on any atom is 0.211 e. The fourth-order valence-electron chi connectivity index (χ4n) is 2.37. The van der Waals surface area contributed by atoms with E-state index in [0.717, 1.165) is 30.8 Å². The average molecular weight is 239 g/mol. The maximum atomic E-state index is 9.84. The average Bonchev–Trinajstić information content (AvgIpc) is 2.69. The summed E-state index contributed by atoms with van der Waals surface area (Å²) in [4.78, 5) is 0. The van der Waals surface area contributed by atoms with Gasteiger partial charge in [-0.25, -0.2) is 4.68 Å². The highest BCUT2D eigenvalue weighted by Gasteiger charge is 2.22. The Morgan fingerprint density at radius 1 is 1.53 bits per heavy atom. The Morgan fingerprint density at radius 2 is 2.29 bits per heavy atom. The maximum absolute atomic E-state index is 9.84. The molecule has 1 heterocycles. The number of methoxy groups -OCH3 is 1. The second kappa shape index (κ2) is 5.51. The molecule has 0 unspecified atom stereocenters. The van der Waals surface area contributed by atoms with Crippen molar-refractivity contribution in [1.29, 1.82) is 0 Å². The van der Waals surface area contributed by atoms with Crippen molar-refractivity contribution >= 4 is 0 Å². The lowest BCUT2D eigenvalue weighted by Crippen LogP contribution is -2.41. The van der Waals surface area contributed by atoms with Crippen LogP contribution < -0.4 is 10.1 Å². The number of hydrogen-bond acceptors (Lipinski definition) is 4. The summed E-state index contributed by atoms with van der Waals surface area (Å²) in [5, 5.41) is 17.5. The van der Waals surface area contributed by atoms with E-state index in [9.17, 15) is 5.11 Å². The van der Waals surface area contributed by atoms with Gasteiger partial charge in [0.25, 0.3) is 0 Å². The molecule has 0 radical (unpaired) electrons. The van der Waals surface area contributed by atoms with Crippen LogP contribution in [0.2, 0.25) is 0 Å². The molecule has 0 spiro atoms. The van der Waals surface area contributed by atoms with Crippen LogP contribution in [-0.2, 0) is 13.6 Å². The van der Waals surface area contributed by atoms with Crippen molar-refractivity contribution in [1.82, 2.24) is 15.1 Å². The second-order valence-corrected chi connectivity index (χ2v) is 4.64. The van der Waals surface area contributed by atoms with Gasteiger partial charge in [0.05, 0.1) is 18.9 Å². The fourth-order valence-corrected chi connectivity index (χ4v) is 2.37. The molecule has 17 heavy (non-hydrogen) atoms. The third-order valence-corrected chi connectivity index (χ3v) is 3.37. The lowest BCUT2D eigenvalue weighted by Gasteiger charge is -2.28. The smallest absolute Gasteiger partial charge is 0.211 e. The van der Waals surface area contributed by atoms with Crippen molar-refractivity contribution < 1.29 is 9.84 Å². The minimum absolute atomic E-state index is 0.205. The Hall–Kier alpha value is -1.07. The van der Waals surface area contributed by atoms with E-state index in [1.165, 1.54) is 6.42 Å². The van der Waals surface area contributed by atoms with Crippen molar-refractivity contribution in [2.75, 3.05) is 7.11 Å². The molecule has 1 aliphatic rings. The number of nitrogens with one attached hydrogen (secondary N) is 1. The SMILES string of the molecule is COc1cc(CN[C@H]2CCCC[C@@H]2O)nn1C. The first-order valence-corrected chi connectivity index (χ1v) is 6.19. The van der Waals surface area contributed by atoms with E-state index in [0.29, 0.717) is 6.54 Å².